The monoisotopic (exact) mass is 358 g/mol. The molecular formula is C19H19FN2O2S. The summed E-state index contributed by atoms with van der Waals surface area (Å²) >= 11 is 1.78. The van der Waals surface area contributed by atoms with Crippen LogP contribution in [0, 0.1) is 5.82 Å². The van der Waals surface area contributed by atoms with E-state index in [0.29, 0.717) is 12.1 Å². The molecular weight excluding hydrogens is 339 g/mol. The molecule has 1 saturated carbocycles. The van der Waals surface area contributed by atoms with Crippen LogP contribution in [0.1, 0.15) is 30.1 Å². The van der Waals surface area contributed by atoms with Crippen LogP contribution in [0.5, 0.6) is 0 Å². The van der Waals surface area contributed by atoms with E-state index in [9.17, 15) is 14.0 Å². The summed E-state index contributed by atoms with van der Waals surface area (Å²) < 4.78 is 13.7. The number of rotatable bonds is 6. The van der Waals surface area contributed by atoms with Gasteiger partial charge in [0.25, 0.3) is 5.91 Å². The SMILES string of the molecule is CC(=O)Nc1cc(C(=O)NCC2(Sc3ccccc3)CC2)ccc1F. The highest BCUT2D eigenvalue weighted by atomic mass is 32.2. The first kappa shape index (κ1) is 17.5. The maximum Gasteiger partial charge on any atom is 0.251 e. The predicted molar refractivity (Wildman–Crippen MR) is 97.3 cm³/mol. The maximum absolute atomic E-state index is 13.7. The lowest BCUT2D eigenvalue weighted by molar-refractivity contribution is -0.114. The van der Waals surface area contributed by atoms with Gasteiger partial charge in [-0.2, -0.15) is 0 Å². The van der Waals surface area contributed by atoms with E-state index in [4.69, 9.17) is 0 Å². The molecule has 0 atom stereocenters. The Morgan fingerprint density at radius 2 is 1.88 bits per heavy atom. The molecule has 25 heavy (non-hydrogen) atoms. The second-order valence-electron chi connectivity index (χ2n) is 6.16. The average molecular weight is 358 g/mol. The van der Waals surface area contributed by atoms with Crippen LogP contribution in [0.25, 0.3) is 0 Å². The molecule has 1 fully saturated rings. The van der Waals surface area contributed by atoms with Gasteiger partial charge in [0, 0.05) is 28.7 Å². The number of amides is 2. The van der Waals surface area contributed by atoms with Crippen LogP contribution in [0.3, 0.4) is 0 Å². The topological polar surface area (TPSA) is 58.2 Å². The van der Waals surface area contributed by atoms with Crippen LogP contribution in [-0.2, 0) is 4.79 Å². The quantitative estimate of drug-likeness (QED) is 0.825. The highest BCUT2D eigenvalue weighted by Gasteiger charge is 2.43. The Bertz CT molecular complexity index is 791. The molecule has 0 aromatic heterocycles. The summed E-state index contributed by atoms with van der Waals surface area (Å²) in [6, 6.07) is 14.1. The van der Waals surface area contributed by atoms with Crippen LogP contribution in [0.15, 0.2) is 53.4 Å². The zero-order chi connectivity index (χ0) is 17.9. The molecule has 130 valence electrons. The summed E-state index contributed by atoms with van der Waals surface area (Å²) in [5.74, 6) is -1.22. The zero-order valence-corrected chi connectivity index (χ0v) is 14.7. The van der Waals surface area contributed by atoms with E-state index in [1.54, 1.807) is 11.8 Å². The Morgan fingerprint density at radius 1 is 1.16 bits per heavy atom. The minimum atomic E-state index is -0.565. The van der Waals surface area contributed by atoms with Gasteiger partial charge in [0.15, 0.2) is 0 Å². The number of carbonyl (C=O) groups excluding carboxylic acids is 2. The molecule has 2 aromatic rings. The molecule has 1 aliphatic rings. The lowest BCUT2D eigenvalue weighted by atomic mass is 10.1. The van der Waals surface area contributed by atoms with Crippen LogP contribution < -0.4 is 10.6 Å². The predicted octanol–water partition coefficient (Wildman–Crippen LogP) is 3.84. The third kappa shape index (κ3) is 4.60. The van der Waals surface area contributed by atoms with Crippen molar-refractivity contribution in [3.63, 3.8) is 0 Å². The number of anilines is 1. The summed E-state index contributed by atoms with van der Waals surface area (Å²) in [7, 11) is 0. The fraction of sp³-hybridized carbons (Fsp3) is 0.263. The molecule has 2 aromatic carbocycles. The van der Waals surface area contributed by atoms with Gasteiger partial charge < -0.3 is 10.6 Å². The van der Waals surface area contributed by atoms with E-state index in [1.807, 2.05) is 18.2 Å². The van der Waals surface area contributed by atoms with Gasteiger partial charge in [-0.3, -0.25) is 9.59 Å². The molecule has 0 bridgehead atoms. The lowest BCUT2D eigenvalue weighted by Gasteiger charge is -2.16. The van der Waals surface area contributed by atoms with E-state index in [-0.39, 0.29) is 22.2 Å². The summed E-state index contributed by atoms with van der Waals surface area (Å²) in [6.07, 6.45) is 2.10. The second-order valence-corrected chi connectivity index (χ2v) is 7.70. The van der Waals surface area contributed by atoms with Crippen molar-refractivity contribution in [2.24, 2.45) is 0 Å². The molecule has 0 saturated heterocycles. The standard InChI is InChI=1S/C19H19FN2O2S/c1-13(23)22-17-11-14(7-8-16(17)20)18(24)21-12-19(9-10-19)25-15-5-3-2-4-6-15/h2-8,11H,9-10,12H2,1H3,(H,21,24)(H,22,23). The van der Waals surface area contributed by atoms with Crippen LogP contribution >= 0.6 is 11.8 Å². The highest BCUT2D eigenvalue weighted by molar-refractivity contribution is 8.01. The zero-order valence-electron chi connectivity index (χ0n) is 13.8. The van der Waals surface area contributed by atoms with Gasteiger partial charge in [-0.15, -0.1) is 11.8 Å². The van der Waals surface area contributed by atoms with E-state index in [2.05, 4.69) is 22.8 Å². The first-order chi connectivity index (χ1) is 12.0. The highest BCUT2D eigenvalue weighted by Crippen LogP contribution is 2.51. The molecule has 2 N–H and O–H groups in total. The Labute approximate surface area is 150 Å². The largest absolute Gasteiger partial charge is 0.351 e. The van der Waals surface area contributed by atoms with Crippen molar-refractivity contribution >= 4 is 29.3 Å². The molecule has 3 rings (SSSR count). The Hall–Kier alpha value is -2.34. The number of carbonyl (C=O) groups is 2. The summed E-state index contributed by atoms with van der Waals surface area (Å²) in [4.78, 5) is 24.7. The van der Waals surface area contributed by atoms with Crippen LogP contribution in [0.4, 0.5) is 10.1 Å². The molecule has 2 amide bonds. The van der Waals surface area contributed by atoms with Gasteiger partial charge in [0.1, 0.15) is 5.82 Å². The minimum Gasteiger partial charge on any atom is -0.351 e. The molecule has 0 heterocycles. The van der Waals surface area contributed by atoms with Crippen molar-refractivity contribution in [1.29, 1.82) is 0 Å². The van der Waals surface area contributed by atoms with Crippen molar-refractivity contribution in [3.05, 3.63) is 59.9 Å². The molecule has 0 radical (unpaired) electrons. The van der Waals surface area contributed by atoms with Gasteiger partial charge in [-0.1, -0.05) is 18.2 Å². The van der Waals surface area contributed by atoms with Crippen molar-refractivity contribution < 1.29 is 14.0 Å². The Balaban J connectivity index is 1.62. The number of hydrogen-bond acceptors (Lipinski definition) is 3. The molecule has 1 aliphatic carbocycles. The van der Waals surface area contributed by atoms with Crippen molar-refractivity contribution in [3.8, 4) is 0 Å². The number of hydrogen-bond donors (Lipinski definition) is 2. The average Bonchev–Trinajstić information content (AvgIpc) is 3.35. The van der Waals surface area contributed by atoms with E-state index in [0.717, 1.165) is 12.8 Å². The number of halogens is 1. The molecule has 0 unspecified atom stereocenters. The second kappa shape index (κ2) is 7.27. The van der Waals surface area contributed by atoms with Gasteiger partial charge in [-0.05, 0) is 43.2 Å². The molecule has 0 aliphatic heterocycles. The van der Waals surface area contributed by atoms with Crippen LogP contribution in [0.2, 0.25) is 0 Å². The van der Waals surface area contributed by atoms with Crippen molar-refractivity contribution in [1.82, 2.24) is 5.32 Å². The van der Waals surface area contributed by atoms with Gasteiger partial charge in [-0.25, -0.2) is 4.39 Å². The maximum atomic E-state index is 13.7. The summed E-state index contributed by atoms with van der Waals surface area (Å²) in [5, 5.41) is 5.31. The van der Waals surface area contributed by atoms with Crippen molar-refractivity contribution in [2.45, 2.75) is 29.4 Å². The third-order valence-corrected chi connectivity index (χ3v) is 5.49. The van der Waals surface area contributed by atoms with Crippen LogP contribution in [-0.4, -0.2) is 23.1 Å². The Kier molecular flexibility index (Phi) is 5.08. The first-order valence-corrected chi connectivity index (χ1v) is 8.88. The first-order valence-electron chi connectivity index (χ1n) is 8.07. The Morgan fingerprint density at radius 3 is 2.52 bits per heavy atom. The van der Waals surface area contributed by atoms with E-state index >= 15 is 0 Å². The van der Waals surface area contributed by atoms with Gasteiger partial charge in [0.2, 0.25) is 5.91 Å². The van der Waals surface area contributed by atoms with Gasteiger partial charge in [0.05, 0.1) is 5.69 Å². The summed E-state index contributed by atoms with van der Waals surface area (Å²) in [5.41, 5.74) is 0.339. The summed E-state index contributed by atoms with van der Waals surface area (Å²) in [6.45, 7) is 1.85. The number of thioether (sulfide) groups is 1. The number of benzene rings is 2. The fourth-order valence-electron chi connectivity index (χ4n) is 2.49. The van der Waals surface area contributed by atoms with E-state index in [1.165, 1.54) is 30.0 Å². The normalized spacial score (nSPS) is 14.6. The molecule has 4 nitrogen and oxygen atoms in total. The fourth-order valence-corrected chi connectivity index (χ4v) is 3.73. The minimum absolute atomic E-state index is 0.0138. The van der Waals surface area contributed by atoms with E-state index < -0.39 is 5.82 Å². The third-order valence-electron chi connectivity index (χ3n) is 4.00. The molecule has 0 spiro atoms. The lowest BCUT2D eigenvalue weighted by Crippen LogP contribution is -2.31. The number of nitrogens with one attached hydrogen (secondary N) is 2. The van der Waals surface area contributed by atoms with Gasteiger partial charge >= 0.3 is 0 Å². The smallest absolute Gasteiger partial charge is 0.251 e. The molecule has 6 heteroatoms. The van der Waals surface area contributed by atoms with Crippen molar-refractivity contribution in [2.75, 3.05) is 11.9 Å².